The van der Waals surface area contributed by atoms with E-state index in [4.69, 9.17) is 14.7 Å². The van der Waals surface area contributed by atoms with Crippen molar-refractivity contribution in [1.82, 2.24) is 4.98 Å². The Kier molecular flexibility index (Phi) is 2.62. The van der Waals surface area contributed by atoms with Gasteiger partial charge < -0.3 is 14.7 Å². The lowest BCUT2D eigenvalue weighted by molar-refractivity contribution is 0.288. The smallest absolute Gasteiger partial charge is 0.512 e. The van der Waals surface area contributed by atoms with E-state index in [1.165, 1.54) is 0 Å². The van der Waals surface area contributed by atoms with Gasteiger partial charge in [0.2, 0.25) is 0 Å². The third kappa shape index (κ3) is 2.01. The largest absolute Gasteiger partial charge is 0.707 e. The van der Waals surface area contributed by atoms with E-state index in [1.54, 1.807) is 18.2 Å². The molecular formula is C13H10BNO3. The lowest BCUT2D eigenvalue weighted by Crippen LogP contribution is -2.20. The lowest BCUT2D eigenvalue weighted by atomic mass is 10.1. The van der Waals surface area contributed by atoms with Gasteiger partial charge in [-0.3, -0.25) is 0 Å². The zero-order chi connectivity index (χ0) is 12.5. The van der Waals surface area contributed by atoms with E-state index in [2.05, 4.69) is 4.98 Å². The van der Waals surface area contributed by atoms with Crippen molar-refractivity contribution in [1.29, 1.82) is 0 Å². The van der Waals surface area contributed by atoms with Crippen LogP contribution in [-0.4, -0.2) is 22.4 Å². The van der Waals surface area contributed by atoms with E-state index < -0.39 is 7.32 Å². The van der Waals surface area contributed by atoms with E-state index in [9.17, 15) is 0 Å². The molecule has 5 heteroatoms. The molecule has 0 amide bonds. The van der Waals surface area contributed by atoms with Gasteiger partial charge in [0.05, 0.1) is 11.0 Å². The summed E-state index contributed by atoms with van der Waals surface area (Å²) in [6, 6.07) is 15.0. The standard InChI is InChI=1S/C13H10BNO3/c16-14(17)18-11-5-6-13-10(8-11)7-9-3-1-2-4-12(9)15-13/h1-8,16-17H. The maximum atomic E-state index is 8.77. The molecule has 88 valence electrons. The number of hydrogen-bond donors (Lipinski definition) is 2. The molecule has 0 aliphatic rings. The van der Waals surface area contributed by atoms with Crippen molar-refractivity contribution >= 4 is 29.1 Å². The predicted molar refractivity (Wildman–Crippen MR) is 70.1 cm³/mol. The molecule has 2 aromatic carbocycles. The molecule has 0 fully saturated rings. The third-order valence-corrected chi connectivity index (χ3v) is 2.73. The molecule has 0 aliphatic heterocycles. The highest BCUT2D eigenvalue weighted by Crippen LogP contribution is 2.23. The second-order valence-corrected chi connectivity index (χ2v) is 3.98. The van der Waals surface area contributed by atoms with Crippen molar-refractivity contribution in [2.24, 2.45) is 0 Å². The molecule has 3 rings (SSSR count). The minimum absolute atomic E-state index is 0.398. The summed E-state index contributed by atoms with van der Waals surface area (Å²) in [4.78, 5) is 4.52. The van der Waals surface area contributed by atoms with Crippen LogP contribution >= 0.6 is 0 Å². The number of hydrogen-bond acceptors (Lipinski definition) is 4. The SMILES string of the molecule is OB(O)Oc1ccc2nc3ccccc3cc2c1. The summed E-state index contributed by atoms with van der Waals surface area (Å²) < 4.78 is 4.82. The summed E-state index contributed by atoms with van der Waals surface area (Å²) in [5, 5.41) is 19.5. The highest BCUT2D eigenvalue weighted by molar-refractivity contribution is 6.33. The van der Waals surface area contributed by atoms with E-state index >= 15 is 0 Å². The second kappa shape index (κ2) is 4.29. The molecule has 0 bridgehead atoms. The van der Waals surface area contributed by atoms with Gasteiger partial charge in [-0.15, -0.1) is 0 Å². The Labute approximate surface area is 104 Å². The van der Waals surface area contributed by atoms with Crippen molar-refractivity contribution in [3.05, 3.63) is 48.5 Å². The Morgan fingerprint density at radius 3 is 2.50 bits per heavy atom. The molecule has 4 nitrogen and oxygen atoms in total. The van der Waals surface area contributed by atoms with Crippen LogP contribution in [0.3, 0.4) is 0 Å². The molecule has 0 unspecified atom stereocenters. The van der Waals surface area contributed by atoms with Gasteiger partial charge in [0, 0.05) is 10.8 Å². The molecule has 0 radical (unpaired) electrons. The maximum Gasteiger partial charge on any atom is 0.707 e. The number of pyridine rings is 1. The monoisotopic (exact) mass is 239 g/mol. The normalized spacial score (nSPS) is 10.8. The maximum absolute atomic E-state index is 8.77. The molecule has 1 aromatic heterocycles. The van der Waals surface area contributed by atoms with Gasteiger partial charge in [0.15, 0.2) is 0 Å². The fraction of sp³-hybridized carbons (Fsp3) is 0. The summed E-state index contributed by atoms with van der Waals surface area (Å²) in [5.74, 6) is 0.398. The van der Waals surface area contributed by atoms with Gasteiger partial charge in [-0.25, -0.2) is 4.98 Å². The number of nitrogens with zero attached hydrogens (tertiary/aromatic N) is 1. The molecule has 0 spiro atoms. The first-order chi connectivity index (χ1) is 8.72. The van der Waals surface area contributed by atoms with Gasteiger partial charge in [0.25, 0.3) is 0 Å². The fourth-order valence-electron chi connectivity index (χ4n) is 1.95. The molecular weight excluding hydrogens is 229 g/mol. The molecule has 0 aliphatic carbocycles. The number of rotatable bonds is 2. The van der Waals surface area contributed by atoms with Gasteiger partial charge in [-0.1, -0.05) is 18.2 Å². The van der Waals surface area contributed by atoms with Gasteiger partial charge >= 0.3 is 7.32 Å². The van der Waals surface area contributed by atoms with Crippen LogP contribution in [0, 0.1) is 0 Å². The highest BCUT2D eigenvalue weighted by Gasteiger charge is 2.11. The molecule has 1 heterocycles. The topological polar surface area (TPSA) is 62.6 Å². The molecule has 18 heavy (non-hydrogen) atoms. The number of aromatic nitrogens is 1. The molecule has 0 saturated heterocycles. The lowest BCUT2D eigenvalue weighted by Gasteiger charge is -2.06. The number of benzene rings is 2. The highest BCUT2D eigenvalue weighted by atomic mass is 16.6. The Balaban J connectivity index is 2.18. The summed E-state index contributed by atoms with van der Waals surface area (Å²) in [6.45, 7) is 0. The van der Waals surface area contributed by atoms with Crippen molar-refractivity contribution in [2.75, 3.05) is 0 Å². The van der Waals surface area contributed by atoms with Crippen molar-refractivity contribution in [3.8, 4) is 5.75 Å². The summed E-state index contributed by atoms with van der Waals surface area (Å²) in [7, 11) is -1.81. The fourth-order valence-corrected chi connectivity index (χ4v) is 1.95. The Hall–Kier alpha value is -2.11. The average Bonchev–Trinajstić information content (AvgIpc) is 2.35. The van der Waals surface area contributed by atoms with Crippen molar-refractivity contribution < 1.29 is 14.7 Å². The second-order valence-electron chi connectivity index (χ2n) is 3.98. The van der Waals surface area contributed by atoms with Crippen LogP contribution in [0.25, 0.3) is 21.8 Å². The van der Waals surface area contributed by atoms with Crippen LogP contribution in [0.15, 0.2) is 48.5 Å². The zero-order valence-electron chi connectivity index (χ0n) is 9.45. The Morgan fingerprint density at radius 1 is 0.889 bits per heavy atom. The predicted octanol–water partition coefficient (Wildman–Crippen LogP) is 1.74. The van der Waals surface area contributed by atoms with Crippen molar-refractivity contribution in [2.45, 2.75) is 0 Å². The first kappa shape index (κ1) is 11.0. The summed E-state index contributed by atoms with van der Waals surface area (Å²) in [5.41, 5.74) is 1.77. The van der Waals surface area contributed by atoms with Crippen LogP contribution in [-0.2, 0) is 0 Å². The molecule has 2 N–H and O–H groups in total. The summed E-state index contributed by atoms with van der Waals surface area (Å²) >= 11 is 0. The van der Waals surface area contributed by atoms with E-state index in [0.717, 1.165) is 21.8 Å². The quantitative estimate of drug-likeness (QED) is 0.528. The molecule has 3 aromatic rings. The van der Waals surface area contributed by atoms with E-state index in [1.807, 2.05) is 30.3 Å². The van der Waals surface area contributed by atoms with Gasteiger partial charge in [-0.05, 0) is 30.3 Å². The van der Waals surface area contributed by atoms with Crippen LogP contribution in [0.1, 0.15) is 0 Å². The van der Waals surface area contributed by atoms with Crippen LogP contribution < -0.4 is 4.65 Å². The van der Waals surface area contributed by atoms with Crippen molar-refractivity contribution in [3.63, 3.8) is 0 Å². The van der Waals surface area contributed by atoms with Crippen LogP contribution in [0.5, 0.6) is 5.75 Å². The van der Waals surface area contributed by atoms with Crippen LogP contribution in [0.4, 0.5) is 0 Å². The third-order valence-electron chi connectivity index (χ3n) is 2.73. The zero-order valence-corrected chi connectivity index (χ0v) is 9.45. The number of fused-ring (bicyclic) bond motifs is 2. The van der Waals surface area contributed by atoms with Gasteiger partial charge in [0.1, 0.15) is 5.75 Å². The molecule has 0 saturated carbocycles. The Bertz CT molecular complexity index is 715. The van der Waals surface area contributed by atoms with Gasteiger partial charge in [-0.2, -0.15) is 0 Å². The molecule has 0 atom stereocenters. The van der Waals surface area contributed by atoms with E-state index in [0.29, 0.717) is 5.75 Å². The number of para-hydroxylation sites is 1. The minimum atomic E-state index is -1.81. The minimum Gasteiger partial charge on any atom is -0.512 e. The summed E-state index contributed by atoms with van der Waals surface area (Å²) in [6.07, 6.45) is 0. The van der Waals surface area contributed by atoms with Crippen LogP contribution in [0.2, 0.25) is 0 Å². The first-order valence-corrected chi connectivity index (χ1v) is 5.55. The Morgan fingerprint density at radius 2 is 1.67 bits per heavy atom. The average molecular weight is 239 g/mol. The first-order valence-electron chi connectivity index (χ1n) is 5.55. The van der Waals surface area contributed by atoms with E-state index in [-0.39, 0.29) is 0 Å².